The van der Waals surface area contributed by atoms with Gasteiger partial charge in [-0.25, -0.2) is 4.98 Å². The first-order chi connectivity index (χ1) is 30.3. The summed E-state index contributed by atoms with van der Waals surface area (Å²) in [6.07, 6.45) is 0. The molecule has 1 spiro atoms. The van der Waals surface area contributed by atoms with Crippen LogP contribution in [-0.2, 0) is 5.41 Å². The van der Waals surface area contributed by atoms with Crippen LogP contribution in [0.1, 0.15) is 22.3 Å². The van der Waals surface area contributed by atoms with Crippen molar-refractivity contribution in [3.8, 4) is 62.0 Å². The molecule has 0 saturated carbocycles. The number of rotatable bonds is 4. The Labute approximate surface area is 353 Å². The van der Waals surface area contributed by atoms with Crippen LogP contribution >= 0.6 is 0 Å². The highest BCUT2D eigenvalue weighted by molar-refractivity contribution is 6.14. The molecule has 0 N–H and O–H groups in total. The average molecular weight is 777 g/mol. The van der Waals surface area contributed by atoms with Crippen LogP contribution in [0.2, 0.25) is 0 Å². The van der Waals surface area contributed by atoms with Crippen LogP contribution in [0.15, 0.2) is 218 Å². The Kier molecular flexibility index (Phi) is 7.22. The third-order valence-electron chi connectivity index (χ3n) is 13.1. The van der Waals surface area contributed by atoms with Crippen LogP contribution in [0.3, 0.4) is 0 Å². The van der Waals surface area contributed by atoms with E-state index in [1.807, 2.05) is 0 Å². The van der Waals surface area contributed by atoms with Crippen LogP contribution in [-0.4, -0.2) is 9.55 Å². The fourth-order valence-electron chi connectivity index (χ4n) is 10.5. The first-order valence-corrected chi connectivity index (χ1v) is 21.0. The molecule has 2 aliphatic rings. The molecule has 13 rings (SSSR count). The number of fused-ring (bicyclic) bond motifs is 14. The van der Waals surface area contributed by atoms with Gasteiger partial charge < -0.3 is 9.30 Å². The highest BCUT2D eigenvalue weighted by Crippen LogP contribution is 2.63. The van der Waals surface area contributed by atoms with Crippen LogP contribution in [0, 0.1) is 0 Å². The van der Waals surface area contributed by atoms with Gasteiger partial charge in [-0.15, -0.1) is 0 Å². The Morgan fingerprint density at radius 1 is 0.377 bits per heavy atom. The minimum absolute atomic E-state index is 0.565. The number of hydrogen-bond acceptors (Lipinski definition) is 2. The summed E-state index contributed by atoms with van der Waals surface area (Å²) in [4.78, 5) is 5.37. The second-order valence-corrected chi connectivity index (χ2v) is 16.2. The molecule has 1 aliphatic carbocycles. The number of pyridine rings is 1. The van der Waals surface area contributed by atoms with E-state index in [9.17, 15) is 0 Å². The van der Waals surface area contributed by atoms with Gasteiger partial charge in [0.05, 0.1) is 33.5 Å². The van der Waals surface area contributed by atoms with Crippen LogP contribution in [0.4, 0.5) is 0 Å². The first-order valence-electron chi connectivity index (χ1n) is 21.0. The van der Waals surface area contributed by atoms with Crippen molar-refractivity contribution in [1.29, 1.82) is 0 Å². The Balaban J connectivity index is 1.10. The smallest absolute Gasteiger partial charge is 0.156 e. The van der Waals surface area contributed by atoms with E-state index < -0.39 is 5.41 Å². The van der Waals surface area contributed by atoms with Crippen LogP contribution in [0.5, 0.6) is 11.5 Å². The summed E-state index contributed by atoms with van der Waals surface area (Å²) in [6, 6.07) is 78.8. The molecule has 1 aliphatic heterocycles. The summed E-state index contributed by atoms with van der Waals surface area (Å²) in [7, 11) is 0. The highest BCUT2D eigenvalue weighted by atomic mass is 16.5. The number of ether oxygens (including phenoxy) is 1. The quantitative estimate of drug-likeness (QED) is 0.178. The van der Waals surface area contributed by atoms with Crippen molar-refractivity contribution in [3.63, 3.8) is 0 Å². The molecular weight excluding hydrogens is 741 g/mol. The zero-order chi connectivity index (χ0) is 40.1. The molecule has 9 aromatic carbocycles. The molecule has 0 amide bonds. The predicted molar refractivity (Wildman–Crippen MR) is 250 cm³/mol. The molecular formula is C58H36N2O. The lowest BCUT2D eigenvalue weighted by Gasteiger charge is -2.39. The van der Waals surface area contributed by atoms with Gasteiger partial charge in [0.2, 0.25) is 0 Å². The Morgan fingerprint density at radius 3 is 1.72 bits per heavy atom. The minimum Gasteiger partial charge on any atom is -0.454 e. The van der Waals surface area contributed by atoms with E-state index in [1.165, 1.54) is 27.6 Å². The molecule has 0 saturated heterocycles. The standard InChI is InChI=1S/C58H36N2O/c1-3-17-37(18-4-1)39-35-51(38-19-5-2-6-20-38)59-52(36-39)43-32-34-54(44-24-8-7-21-40(43)44)60-53-29-15-11-25-45(53)46-31-33-50-57(56(46)60)61-55-30-16-14-28-49(55)58(50)47-26-12-9-22-41(47)42-23-10-13-27-48(42)58/h1-36H. The maximum Gasteiger partial charge on any atom is 0.156 e. The Hall–Kier alpha value is -8.01. The molecule has 11 aromatic rings. The second-order valence-electron chi connectivity index (χ2n) is 16.2. The maximum absolute atomic E-state index is 7.28. The van der Waals surface area contributed by atoms with E-state index in [2.05, 4.69) is 223 Å². The molecule has 3 heterocycles. The SMILES string of the molecule is c1ccc(-c2cc(-c3ccccc3)nc(-c3ccc(-n4c5ccccc5c5ccc6c(c54)Oc4ccccc4C64c5ccccc5-c5ccccc54)c4ccccc34)c2)cc1. The molecule has 0 bridgehead atoms. The lowest BCUT2D eigenvalue weighted by molar-refractivity contribution is 0.440. The monoisotopic (exact) mass is 776 g/mol. The van der Waals surface area contributed by atoms with E-state index in [0.29, 0.717) is 0 Å². The van der Waals surface area contributed by atoms with Gasteiger partial charge in [-0.2, -0.15) is 0 Å². The van der Waals surface area contributed by atoms with Gasteiger partial charge in [-0.05, 0) is 69.1 Å². The normalized spacial score (nSPS) is 13.2. The topological polar surface area (TPSA) is 27.1 Å². The summed E-state index contributed by atoms with van der Waals surface area (Å²) >= 11 is 0. The van der Waals surface area contributed by atoms with Gasteiger partial charge in [0.15, 0.2) is 5.75 Å². The summed E-state index contributed by atoms with van der Waals surface area (Å²) < 4.78 is 9.74. The Bertz CT molecular complexity index is 3460. The summed E-state index contributed by atoms with van der Waals surface area (Å²) in [5, 5.41) is 4.60. The molecule has 3 heteroatoms. The third-order valence-corrected chi connectivity index (χ3v) is 13.1. The number of nitrogens with zero attached hydrogens (tertiary/aromatic N) is 2. The van der Waals surface area contributed by atoms with Crippen molar-refractivity contribution in [2.45, 2.75) is 5.41 Å². The van der Waals surface area contributed by atoms with Gasteiger partial charge >= 0.3 is 0 Å². The van der Waals surface area contributed by atoms with E-state index in [1.54, 1.807) is 0 Å². The van der Waals surface area contributed by atoms with Crippen molar-refractivity contribution in [3.05, 3.63) is 241 Å². The maximum atomic E-state index is 7.28. The molecule has 0 unspecified atom stereocenters. The van der Waals surface area contributed by atoms with Gasteiger partial charge in [0.25, 0.3) is 0 Å². The van der Waals surface area contributed by atoms with Crippen molar-refractivity contribution < 1.29 is 4.74 Å². The average Bonchev–Trinajstić information content (AvgIpc) is 3.83. The van der Waals surface area contributed by atoms with Crippen LogP contribution in [0.25, 0.3) is 83.0 Å². The van der Waals surface area contributed by atoms with E-state index in [0.717, 1.165) is 89.1 Å². The van der Waals surface area contributed by atoms with E-state index in [-0.39, 0.29) is 0 Å². The third kappa shape index (κ3) is 4.77. The van der Waals surface area contributed by atoms with Gasteiger partial charge in [-0.1, -0.05) is 188 Å². The predicted octanol–water partition coefficient (Wildman–Crippen LogP) is 14.8. The molecule has 61 heavy (non-hydrogen) atoms. The Morgan fingerprint density at radius 2 is 0.967 bits per heavy atom. The van der Waals surface area contributed by atoms with Crippen molar-refractivity contribution in [2.75, 3.05) is 0 Å². The number of benzene rings is 9. The lowest BCUT2D eigenvalue weighted by Crippen LogP contribution is -2.32. The summed E-state index contributed by atoms with van der Waals surface area (Å²) in [5.41, 5.74) is 16.5. The molecule has 2 aromatic heterocycles. The largest absolute Gasteiger partial charge is 0.454 e. The van der Waals surface area contributed by atoms with Crippen LogP contribution < -0.4 is 4.74 Å². The number of para-hydroxylation sites is 2. The van der Waals surface area contributed by atoms with Crippen molar-refractivity contribution in [2.24, 2.45) is 0 Å². The van der Waals surface area contributed by atoms with Gasteiger partial charge in [0.1, 0.15) is 5.75 Å². The van der Waals surface area contributed by atoms with Gasteiger partial charge in [-0.3, -0.25) is 0 Å². The van der Waals surface area contributed by atoms with Crippen molar-refractivity contribution >= 4 is 32.6 Å². The molecule has 3 nitrogen and oxygen atoms in total. The molecule has 0 atom stereocenters. The first kappa shape index (κ1) is 33.9. The zero-order valence-corrected chi connectivity index (χ0v) is 33.1. The lowest BCUT2D eigenvalue weighted by atomic mass is 9.66. The summed E-state index contributed by atoms with van der Waals surface area (Å²) in [6.45, 7) is 0. The van der Waals surface area contributed by atoms with E-state index in [4.69, 9.17) is 9.72 Å². The van der Waals surface area contributed by atoms with Gasteiger partial charge in [0, 0.05) is 38.4 Å². The fraction of sp³-hybridized carbons (Fsp3) is 0.0172. The zero-order valence-electron chi connectivity index (χ0n) is 33.1. The fourth-order valence-corrected chi connectivity index (χ4v) is 10.5. The number of aromatic nitrogens is 2. The molecule has 0 fully saturated rings. The molecule has 0 radical (unpaired) electrons. The molecule has 284 valence electrons. The highest BCUT2D eigenvalue weighted by Gasteiger charge is 2.51. The minimum atomic E-state index is -0.565. The van der Waals surface area contributed by atoms with E-state index >= 15 is 0 Å². The number of hydrogen-bond donors (Lipinski definition) is 0. The van der Waals surface area contributed by atoms with Crippen molar-refractivity contribution in [1.82, 2.24) is 9.55 Å². The second kappa shape index (κ2) is 13.0. The summed E-state index contributed by atoms with van der Waals surface area (Å²) in [5.74, 6) is 1.77.